The number of H-pyrrole nitrogens is 1. The minimum Gasteiger partial charge on any atom is -0.465 e. The van der Waals surface area contributed by atoms with Gasteiger partial charge in [0.25, 0.3) is 11.8 Å². The molecule has 0 spiro atoms. The van der Waals surface area contributed by atoms with Crippen molar-refractivity contribution < 1.29 is 23.5 Å². The first-order valence-electron chi connectivity index (χ1n) is 9.06. The zero-order chi connectivity index (χ0) is 21.8. The van der Waals surface area contributed by atoms with Gasteiger partial charge in [-0.2, -0.15) is 0 Å². The molecule has 2 amide bonds. The monoisotopic (exact) mass is 409 g/mol. The quantitative estimate of drug-likeness (QED) is 0.553. The van der Waals surface area contributed by atoms with Gasteiger partial charge in [0, 0.05) is 22.6 Å². The topological polar surface area (TPSA) is 100 Å². The van der Waals surface area contributed by atoms with E-state index >= 15 is 0 Å². The van der Waals surface area contributed by atoms with Gasteiger partial charge in [0.05, 0.1) is 12.7 Å². The van der Waals surface area contributed by atoms with E-state index in [4.69, 9.17) is 4.74 Å². The molecule has 3 aromatic rings. The molecule has 3 rings (SSSR count). The molecular formula is C22H20FN3O4. The second-order valence-electron chi connectivity index (χ2n) is 6.62. The lowest BCUT2D eigenvalue weighted by molar-refractivity contribution is 0.0599. The number of hydrogen-bond donors (Lipinski definition) is 3. The Balaban J connectivity index is 1.78. The molecule has 0 fully saturated rings. The Morgan fingerprint density at radius 1 is 0.933 bits per heavy atom. The lowest BCUT2D eigenvalue weighted by Gasteiger charge is -2.09. The number of ether oxygens (including phenoxy) is 1. The van der Waals surface area contributed by atoms with Gasteiger partial charge in [0.15, 0.2) is 0 Å². The Kier molecular flexibility index (Phi) is 5.96. The molecule has 30 heavy (non-hydrogen) atoms. The van der Waals surface area contributed by atoms with Crippen LogP contribution in [-0.4, -0.2) is 29.9 Å². The predicted molar refractivity (Wildman–Crippen MR) is 110 cm³/mol. The van der Waals surface area contributed by atoms with Gasteiger partial charge in [-0.05, 0) is 55.8 Å². The highest BCUT2D eigenvalue weighted by Crippen LogP contribution is 2.21. The molecule has 3 N–H and O–H groups in total. The third kappa shape index (κ3) is 4.38. The third-order valence-corrected chi connectivity index (χ3v) is 4.52. The van der Waals surface area contributed by atoms with Crippen LogP contribution < -0.4 is 10.6 Å². The average Bonchev–Trinajstić information content (AvgIpc) is 3.02. The number of aromatic nitrogens is 1. The Hall–Kier alpha value is -3.94. The summed E-state index contributed by atoms with van der Waals surface area (Å²) in [6, 6.07) is 11.9. The SMILES string of the molecule is COC(=O)c1c(C)[nH]c(C(=O)Nc2cccc(C(=O)Nc3cccc(F)c3)c2)c1C. The van der Waals surface area contributed by atoms with E-state index in [0.717, 1.165) is 0 Å². The molecular weight excluding hydrogens is 389 g/mol. The highest BCUT2D eigenvalue weighted by molar-refractivity contribution is 6.08. The standard InChI is InChI=1S/C22H20FN3O4/c1-12-18(22(29)30-3)13(2)24-19(12)21(28)26-16-8-4-6-14(10-16)20(27)25-17-9-5-7-15(23)11-17/h4-11,24H,1-3H3,(H,25,27)(H,26,28). The first-order valence-corrected chi connectivity index (χ1v) is 9.06. The highest BCUT2D eigenvalue weighted by Gasteiger charge is 2.22. The van der Waals surface area contributed by atoms with Gasteiger partial charge in [-0.1, -0.05) is 12.1 Å². The normalized spacial score (nSPS) is 10.4. The Morgan fingerprint density at radius 3 is 2.23 bits per heavy atom. The maximum atomic E-state index is 13.3. The van der Waals surface area contributed by atoms with Crippen molar-refractivity contribution in [2.24, 2.45) is 0 Å². The number of aryl methyl sites for hydroxylation is 1. The van der Waals surface area contributed by atoms with Gasteiger partial charge in [-0.3, -0.25) is 9.59 Å². The summed E-state index contributed by atoms with van der Waals surface area (Å²) in [6.45, 7) is 3.32. The lowest BCUT2D eigenvalue weighted by atomic mass is 10.1. The fourth-order valence-corrected chi connectivity index (χ4v) is 3.09. The van der Waals surface area contributed by atoms with Gasteiger partial charge in [0.2, 0.25) is 0 Å². The summed E-state index contributed by atoms with van der Waals surface area (Å²) >= 11 is 0. The number of amides is 2. The summed E-state index contributed by atoms with van der Waals surface area (Å²) in [5, 5.41) is 5.30. The highest BCUT2D eigenvalue weighted by atomic mass is 19.1. The largest absolute Gasteiger partial charge is 0.465 e. The number of halogens is 1. The van der Waals surface area contributed by atoms with Crippen LogP contribution in [0.2, 0.25) is 0 Å². The molecule has 0 radical (unpaired) electrons. The number of benzene rings is 2. The van der Waals surface area contributed by atoms with Gasteiger partial charge in [-0.15, -0.1) is 0 Å². The van der Waals surface area contributed by atoms with E-state index in [2.05, 4.69) is 15.6 Å². The fraction of sp³-hybridized carbons (Fsp3) is 0.136. The number of rotatable bonds is 5. The molecule has 0 bridgehead atoms. The second kappa shape index (κ2) is 8.60. The summed E-state index contributed by atoms with van der Waals surface area (Å²) in [5.41, 5.74) is 2.52. The van der Waals surface area contributed by atoms with Crippen LogP contribution in [0.15, 0.2) is 48.5 Å². The number of carbonyl (C=O) groups is 3. The molecule has 154 valence electrons. The van der Waals surface area contributed by atoms with E-state index in [-0.39, 0.29) is 11.3 Å². The number of hydrogen-bond acceptors (Lipinski definition) is 4. The van der Waals surface area contributed by atoms with E-state index in [1.54, 1.807) is 38.1 Å². The van der Waals surface area contributed by atoms with Crippen LogP contribution in [0.5, 0.6) is 0 Å². The van der Waals surface area contributed by atoms with Crippen molar-refractivity contribution in [2.45, 2.75) is 13.8 Å². The number of esters is 1. The fourth-order valence-electron chi connectivity index (χ4n) is 3.09. The van der Waals surface area contributed by atoms with Crippen LogP contribution in [0.4, 0.5) is 15.8 Å². The summed E-state index contributed by atoms with van der Waals surface area (Å²) in [6.07, 6.45) is 0. The first-order chi connectivity index (χ1) is 14.3. The van der Waals surface area contributed by atoms with Gasteiger partial charge in [-0.25, -0.2) is 9.18 Å². The Morgan fingerprint density at radius 2 is 1.57 bits per heavy atom. The van der Waals surface area contributed by atoms with Crippen LogP contribution in [0.1, 0.15) is 42.5 Å². The zero-order valence-electron chi connectivity index (χ0n) is 16.6. The molecule has 0 saturated carbocycles. The first kappa shape index (κ1) is 20.8. The van der Waals surface area contributed by atoms with Crippen molar-refractivity contribution in [1.29, 1.82) is 0 Å². The lowest BCUT2D eigenvalue weighted by Crippen LogP contribution is -2.16. The maximum absolute atomic E-state index is 13.3. The maximum Gasteiger partial charge on any atom is 0.339 e. The molecule has 0 aliphatic heterocycles. The van der Waals surface area contributed by atoms with Crippen LogP contribution in [0.25, 0.3) is 0 Å². The minimum atomic E-state index is -0.531. The van der Waals surface area contributed by atoms with Gasteiger partial charge in [0.1, 0.15) is 11.5 Å². The number of nitrogens with one attached hydrogen (secondary N) is 3. The van der Waals surface area contributed by atoms with Crippen LogP contribution in [-0.2, 0) is 4.74 Å². The van der Waals surface area contributed by atoms with Crippen LogP contribution in [0, 0.1) is 19.7 Å². The van der Waals surface area contributed by atoms with Crippen molar-refractivity contribution in [2.75, 3.05) is 17.7 Å². The van der Waals surface area contributed by atoms with Crippen molar-refractivity contribution in [3.8, 4) is 0 Å². The molecule has 1 aromatic heterocycles. The van der Waals surface area contributed by atoms with E-state index in [0.29, 0.717) is 28.2 Å². The number of carbonyl (C=O) groups excluding carboxylic acids is 3. The van der Waals surface area contributed by atoms with Crippen molar-refractivity contribution >= 4 is 29.2 Å². The summed E-state index contributed by atoms with van der Waals surface area (Å²) in [5.74, 6) is -1.90. The van der Waals surface area contributed by atoms with Gasteiger partial charge >= 0.3 is 5.97 Å². The average molecular weight is 409 g/mol. The number of aromatic amines is 1. The Labute approximate surface area is 172 Å². The zero-order valence-corrected chi connectivity index (χ0v) is 16.6. The van der Waals surface area contributed by atoms with E-state index in [1.807, 2.05) is 0 Å². The smallest absolute Gasteiger partial charge is 0.339 e. The summed E-state index contributed by atoms with van der Waals surface area (Å²) in [4.78, 5) is 39.9. The molecule has 0 atom stereocenters. The predicted octanol–water partition coefficient (Wildman–Crippen LogP) is 4.06. The molecule has 2 aromatic carbocycles. The molecule has 8 heteroatoms. The van der Waals surface area contributed by atoms with Crippen molar-refractivity contribution in [3.63, 3.8) is 0 Å². The van der Waals surface area contributed by atoms with Crippen molar-refractivity contribution in [3.05, 3.63) is 82.4 Å². The summed E-state index contributed by atoms with van der Waals surface area (Å²) < 4.78 is 18.0. The molecule has 0 unspecified atom stereocenters. The third-order valence-electron chi connectivity index (χ3n) is 4.52. The Bertz CT molecular complexity index is 1140. The summed E-state index contributed by atoms with van der Waals surface area (Å²) in [7, 11) is 1.27. The molecule has 1 heterocycles. The molecule has 7 nitrogen and oxygen atoms in total. The van der Waals surface area contributed by atoms with E-state index < -0.39 is 23.6 Å². The van der Waals surface area contributed by atoms with E-state index in [9.17, 15) is 18.8 Å². The second-order valence-corrected chi connectivity index (χ2v) is 6.62. The molecule has 0 aliphatic carbocycles. The number of anilines is 2. The number of methoxy groups -OCH3 is 1. The van der Waals surface area contributed by atoms with Crippen LogP contribution >= 0.6 is 0 Å². The minimum absolute atomic E-state index is 0.225. The van der Waals surface area contributed by atoms with Crippen molar-refractivity contribution in [1.82, 2.24) is 4.98 Å². The van der Waals surface area contributed by atoms with Crippen LogP contribution in [0.3, 0.4) is 0 Å². The molecule has 0 saturated heterocycles. The van der Waals surface area contributed by atoms with Gasteiger partial charge < -0.3 is 20.4 Å². The molecule has 0 aliphatic rings. The van der Waals surface area contributed by atoms with E-state index in [1.165, 1.54) is 31.4 Å².